The number of benzene rings is 3. The fourth-order valence-electron chi connectivity index (χ4n) is 3.00. The van der Waals surface area contributed by atoms with Crippen molar-refractivity contribution in [3.63, 3.8) is 0 Å². The molecule has 0 saturated heterocycles. The summed E-state index contributed by atoms with van der Waals surface area (Å²) in [7, 11) is 0. The van der Waals surface area contributed by atoms with E-state index in [4.69, 9.17) is 5.73 Å². The Morgan fingerprint density at radius 1 is 0.966 bits per heavy atom. The molecule has 3 nitrogen and oxygen atoms in total. The zero-order chi connectivity index (χ0) is 20.1. The first-order valence-electron chi connectivity index (χ1n) is 8.74. The minimum atomic E-state index is -1.40. The van der Waals surface area contributed by atoms with E-state index >= 15 is 0 Å². The molecule has 1 atom stereocenters. The number of carbonyl (C=O) groups excluding carboxylic acids is 1. The molecule has 3 aromatic rings. The quantitative estimate of drug-likeness (QED) is 0.613. The Labute approximate surface area is 190 Å². The van der Waals surface area contributed by atoms with E-state index in [0.717, 1.165) is 23.3 Å². The van der Waals surface area contributed by atoms with Crippen LogP contribution in [-0.2, 0) is 4.79 Å². The minimum absolute atomic E-state index is 0. The first-order valence-corrected chi connectivity index (χ1v) is 8.74. The van der Waals surface area contributed by atoms with Crippen molar-refractivity contribution in [2.24, 2.45) is 5.73 Å². The van der Waals surface area contributed by atoms with Crippen LogP contribution in [0.1, 0.15) is 17.5 Å². The van der Waals surface area contributed by atoms with Crippen molar-refractivity contribution in [1.82, 2.24) is 0 Å². The molecule has 3 aromatic carbocycles. The minimum Gasteiger partial charge on any atom is -0.548 e. The van der Waals surface area contributed by atoms with Gasteiger partial charge in [-0.2, -0.15) is 0 Å². The normalized spacial score (nSPS) is 12.2. The number of carboxylic acid groups (broad SMARTS) is 1. The van der Waals surface area contributed by atoms with E-state index in [9.17, 15) is 18.7 Å². The fraction of sp³-hybridized carbons (Fsp3) is 0.0870. The Bertz CT molecular complexity index is 1020. The van der Waals surface area contributed by atoms with Crippen molar-refractivity contribution in [2.75, 3.05) is 0 Å². The van der Waals surface area contributed by atoms with Gasteiger partial charge in [0.1, 0.15) is 11.6 Å². The van der Waals surface area contributed by atoms with E-state index in [2.05, 4.69) is 0 Å². The first-order chi connectivity index (χ1) is 13.5. The summed E-state index contributed by atoms with van der Waals surface area (Å²) in [5.41, 5.74) is 8.60. The molecule has 0 fully saturated rings. The van der Waals surface area contributed by atoms with Crippen molar-refractivity contribution in [2.45, 2.75) is 12.5 Å². The second-order valence-electron chi connectivity index (χ2n) is 6.31. The van der Waals surface area contributed by atoms with Crippen molar-refractivity contribution in [1.29, 1.82) is 0 Å². The van der Waals surface area contributed by atoms with E-state index in [1.165, 1.54) is 6.07 Å². The van der Waals surface area contributed by atoms with Crippen LogP contribution in [0.4, 0.5) is 8.78 Å². The third kappa shape index (κ3) is 5.61. The summed E-state index contributed by atoms with van der Waals surface area (Å²) in [5.74, 6) is -2.83. The van der Waals surface area contributed by atoms with Gasteiger partial charge in [-0.05, 0) is 40.8 Å². The zero-order valence-electron chi connectivity index (χ0n) is 15.9. The monoisotopic (exact) mass is 401 g/mol. The molecular weight excluding hydrogens is 383 g/mol. The molecule has 2 N–H and O–H groups in total. The molecule has 142 valence electrons. The summed E-state index contributed by atoms with van der Waals surface area (Å²) in [6, 6.07) is 18.9. The number of hydrogen-bond donors (Lipinski definition) is 1. The second-order valence-corrected chi connectivity index (χ2v) is 6.31. The molecule has 0 bridgehead atoms. The van der Waals surface area contributed by atoms with Crippen LogP contribution in [0.15, 0.2) is 78.9 Å². The Morgan fingerprint density at radius 3 is 2.28 bits per heavy atom. The summed E-state index contributed by atoms with van der Waals surface area (Å²) in [6.45, 7) is 0. The van der Waals surface area contributed by atoms with Crippen LogP contribution in [0, 0.1) is 11.6 Å². The van der Waals surface area contributed by atoms with Gasteiger partial charge in [0.15, 0.2) is 0 Å². The standard InChI is InChI=1S/C23H19F2NO2.Na/c24-16-10-11-20(21(25)14-16)19(12-13-22(26)23(27)28)18-9-5-4-8-17(18)15-6-2-1-3-7-15;/h1-12,14,22H,13,26H2,(H,27,28);/q;+1/p-1/b19-12+;. The Morgan fingerprint density at radius 2 is 1.62 bits per heavy atom. The van der Waals surface area contributed by atoms with Gasteiger partial charge >= 0.3 is 29.6 Å². The van der Waals surface area contributed by atoms with Crippen molar-refractivity contribution in [3.05, 3.63) is 102 Å². The van der Waals surface area contributed by atoms with Gasteiger partial charge in [0, 0.05) is 17.7 Å². The second kappa shape index (κ2) is 10.5. The smallest absolute Gasteiger partial charge is 0.548 e. The van der Waals surface area contributed by atoms with E-state index in [-0.39, 0.29) is 41.5 Å². The summed E-state index contributed by atoms with van der Waals surface area (Å²) in [4.78, 5) is 11.0. The molecule has 1 unspecified atom stereocenters. The topological polar surface area (TPSA) is 66.2 Å². The maximum Gasteiger partial charge on any atom is 1.00 e. The van der Waals surface area contributed by atoms with Crippen LogP contribution in [-0.4, -0.2) is 12.0 Å². The van der Waals surface area contributed by atoms with Crippen LogP contribution < -0.4 is 40.4 Å². The molecule has 6 heteroatoms. The summed E-state index contributed by atoms with van der Waals surface area (Å²) < 4.78 is 28.0. The van der Waals surface area contributed by atoms with E-state index in [0.29, 0.717) is 11.1 Å². The summed E-state index contributed by atoms with van der Waals surface area (Å²) in [5, 5.41) is 11.0. The fourth-order valence-corrected chi connectivity index (χ4v) is 3.00. The van der Waals surface area contributed by atoms with Gasteiger partial charge in [-0.1, -0.05) is 60.7 Å². The van der Waals surface area contributed by atoms with Crippen molar-refractivity contribution in [3.8, 4) is 11.1 Å². The molecule has 0 spiro atoms. The number of hydrogen-bond acceptors (Lipinski definition) is 3. The predicted molar refractivity (Wildman–Crippen MR) is 103 cm³/mol. The number of carboxylic acids is 1. The molecule has 0 amide bonds. The Kier molecular flexibility index (Phi) is 8.29. The maximum atomic E-state index is 14.6. The molecule has 0 saturated carbocycles. The molecule has 0 aliphatic rings. The van der Waals surface area contributed by atoms with Gasteiger partial charge < -0.3 is 15.6 Å². The van der Waals surface area contributed by atoms with Crippen molar-refractivity contribution >= 4 is 11.5 Å². The molecular formula is C23H18F2NNaO2. The molecule has 0 aliphatic heterocycles. The van der Waals surface area contributed by atoms with Gasteiger partial charge in [-0.25, -0.2) is 8.78 Å². The van der Waals surface area contributed by atoms with Gasteiger partial charge in [-0.3, -0.25) is 0 Å². The van der Waals surface area contributed by atoms with Gasteiger partial charge in [0.05, 0.1) is 5.97 Å². The van der Waals surface area contributed by atoms with Gasteiger partial charge in [0.25, 0.3) is 0 Å². The maximum absolute atomic E-state index is 14.6. The number of rotatable bonds is 6. The SMILES string of the molecule is NC(C/C=C(/c1ccc(F)cc1F)c1ccccc1-c1ccccc1)C(=O)[O-].[Na+]. The molecule has 0 aromatic heterocycles. The number of carbonyl (C=O) groups is 1. The van der Waals surface area contributed by atoms with Crippen LogP contribution >= 0.6 is 0 Å². The summed E-state index contributed by atoms with van der Waals surface area (Å²) in [6.07, 6.45) is 1.50. The molecule has 0 radical (unpaired) electrons. The van der Waals surface area contributed by atoms with Gasteiger partial charge in [-0.15, -0.1) is 0 Å². The van der Waals surface area contributed by atoms with Crippen LogP contribution in [0.25, 0.3) is 16.7 Å². The number of nitrogens with two attached hydrogens (primary N) is 1. The first kappa shape index (κ1) is 23.0. The molecule has 0 heterocycles. The number of halogens is 2. The third-order valence-electron chi connectivity index (χ3n) is 4.40. The third-order valence-corrected chi connectivity index (χ3v) is 4.40. The molecule has 3 rings (SSSR count). The summed E-state index contributed by atoms with van der Waals surface area (Å²) >= 11 is 0. The van der Waals surface area contributed by atoms with Crippen molar-refractivity contribution < 1.29 is 48.2 Å². The molecule has 0 aliphatic carbocycles. The number of aliphatic carboxylic acids is 1. The van der Waals surface area contributed by atoms with Crippen LogP contribution in [0.5, 0.6) is 0 Å². The van der Waals surface area contributed by atoms with E-state index < -0.39 is 23.6 Å². The van der Waals surface area contributed by atoms with Crippen LogP contribution in [0.3, 0.4) is 0 Å². The molecule has 29 heavy (non-hydrogen) atoms. The van der Waals surface area contributed by atoms with Gasteiger partial charge in [0.2, 0.25) is 0 Å². The predicted octanol–water partition coefficient (Wildman–Crippen LogP) is 0.535. The van der Waals surface area contributed by atoms with Crippen LogP contribution in [0.2, 0.25) is 0 Å². The van der Waals surface area contributed by atoms with E-state index in [1.54, 1.807) is 12.1 Å². The average molecular weight is 401 g/mol. The Balaban J connectivity index is 0.00000300. The average Bonchev–Trinajstić information content (AvgIpc) is 2.70. The Hall–Kier alpha value is -2.31. The zero-order valence-corrected chi connectivity index (χ0v) is 17.9. The van der Waals surface area contributed by atoms with E-state index in [1.807, 2.05) is 48.5 Å². The largest absolute Gasteiger partial charge is 1.00 e.